The number of ketones is 1. The summed E-state index contributed by atoms with van der Waals surface area (Å²) < 4.78 is 45.6. The Morgan fingerprint density at radius 2 is 2.00 bits per heavy atom. The molecule has 1 aromatic rings. The Balaban J connectivity index is 3.20. The van der Waals surface area contributed by atoms with E-state index in [9.17, 15) is 22.8 Å². The zero-order valence-corrected chi connectivity index (χ0v) is 8.92. The van der Waals surface area contributed by atoms with Gasteiger partial charge in [-0.3, -0.25) is 4.79 Å². The minimum atomic E-state index is -5.10. The number of Topliss-reactive ketones (excluding diaryl/α,β-unsaturated/α-hetero) is 1. The fourth-order valence-electron chi connectivity index (χ4n) is 1.12. The van der Waals surface area contributed by atoms with Gasteiger partial charge in [-0.1, -0.05) is 5.16 Å². The molecule has 1 rings (SSSR count). The molecule has 94 valence electrons. The van der Waals surface area contributed by atoms with Crippen LogP contribution in [0.15, 0.2) is 4.52 Å². The number of esters is 1. The molecule has 0 aliphatic heterocycles. The number of carbonyl (C=O) groups is 2. The number of aromatic nitrogens is 1. The van der Waals surface area contributed by atoms with Crippen molar-refractivity contribution >= 4 is 11.8 Å². The van der Waals surface area contributed by atoms with E-state index in [0.29, 0.717) is 0 Å². The summed E-state index contributed by atoms with van der Waals surface area (Å²) in [6, 6.07) is 0. The van der Waals surface area contributed by atoms with Crippen molar-refractivity contribution in [3.8, 4) is 0 Å². The second-order valence-corrected chi connectivity index (χ2v) is 3.01. The number of rotatable bonds is 3. The Morgan fingerprint density at radius 3 is 2.47 bits per heavy atom. The molecule has 0 atom stereocenters. The van der Waals surface area contributed by atoms with Crippen molar-refractivity contribution in [1.29, 1.82) is 0 Å². The highest BCUT2D eigenvalue weighted by atomic mass is 19.4. The van der Waals surface area contributed by atoms with Gasteiger partial charge in [0, 0.05) is 0 Å². The predicted octanol–water partition coefficient (Wildman–Crippen LogP) is 1.90. The first kappa shape index (κ1) is 13.2. The summed E-state index contributed by atoms with van der Waals surface area (Å²) in [4.78, 5) is 22.3. The van der Waals surface area contributed by atoms with Crippen LogP contribution >= 0.6 is 0 Å². The van der Waals surface area contributed by atoms with Crippen molar-refractivity contribution in [1.82, 2.24) is 5.16 Å². The van der Waals surface area contributed by atoms with Gasteiger partial charge in [0.25, 0.3) is 5.78 Å². The fourth-order valence-corrected chi connectivity index (χ4v) is 1.12. The lowest BCUT2D eigenvalue weighted by molar-refractivity contribution is -0.0886. The lowest BCUT2D eigenvalue weighted by atomic mass is 10.1. The van der Waals surface area contributed by atoms with Gasteiger partial charge in [0.15, 0.2) is 0 Å². The summed E-state index contributed by atoms with van der Waals surface area (Å²) in [6.07, 6.45) is -5.10. The van der Waals surface area contributed by atoms with Crippen molar-refractivity contribution in [3.05, 3.63) is 17.0 Å². The SMILES string of the molecule is CCOC(=O)c1noc(C)c1C(=O)C(F)(F)F. The maximum absolute atomic E-state index is 12.3. The average molecular weight is 251 g/mol. The highest BCUT2D eigenvalue weighted by Crippen LogP contribution is 2.26. The summed E-state index contributed by atoms with van der Waals surface area (Å²) >= 11 is 0. The van der Waals surface area contributed by atoms with Crippen molar-refractivity contribution in [2.75, 3.05) is 6.61 Å². The smallest absolute Gasteiger partial charge is 0.455 e. The molecule has 0 aromatic carbocycles. The van der Waals surface area contributed by atoms with Gasteiger partial charge in [0.05, 0.1) is 6.61 Å². The lowest BCUT2D eigenvalue weighted by Crippen LogP contribution is -2.25. The average Bonchev–Trinajstić information content (AvgIpc) is 2.58. The van der Waals surface area contributed by atoms with Crippen LogP contribution in [0.2, 0.25) is 0 Å². The third-order valence-electron chi connectivity index (χ3n) is 1.82. The number of hydrogen-bond donors (Lipinski definition) is 0. The monoisotopic (exact) mass is 251 g/mol. The summed E-state index contributed by atoms with van der Waals surface area (Å²) in [5.74, 6) is -3.69. The van der Waals surface area contributed by atoms with Crippen molar-refractivity contribution in [3.63, 3.8) is 0 Å². The number of halogens is 3. The van der Waals surface area contributed by atoms with E-state index in [-0.39, 0.29) is 12.4 Å². The molecule has 0 aliphatic carbocycles. The van der Waals surface area contributed by atoms with Gasteiger partial charge in [-0.2, -0.15) is 13.2 Å². The molecule has 17 heavy (non-hydrogen) atoms. The molecule has 1 aromatic heterocycles. The van der Waals surface area contributed by atoms with E-state index in [1.165, 1.54) is 6.92 Å². The first-order valence-electron chi connectivity index (χ1n) is 4.54. The van der Waals surface area contributed by atoms with Crippen LogP contribution in [0.4, 0.5) is 13.2 Å². The summed E-state index contributed by atoms with van der Waals surface area (Å²) in [6.45, 7) is 2.52. The van der Waals surface area contributed by atoms with Gasteiger partial charge in [-0.15, -0.1) is 0 Å². The van der Waals surface area contributed by atoms with Gasteiger partial charge in [-0.05, 0) is 13.8 Å². The first-order valence-corrected chi connectivity index (χ1v) is 4.54. The summed E-state index contributed by atoms with van der Waals surface area (Å²) in [5.41, 5.74) is -1.66. The molecule has 0 unspecified atom stereocenters. The van der Waals surface area contributed by atoms with Gasteiger partial charge < -0.3 is 9.26 Å². The molecular weight excluding hydrogens is 243 g/mol. The van der Waals surface area contributed by atoms with E-state index in [2.05, 4.69) is 14.4 Å². The van der Waals surface area contributed by atoms with Crippen LogP contribution in [-0.2, 0) is 4.74 Å². The molecule has 0 saturated carbocycles. The molecule has 0 N–H and O–H groups in total. The zero-order valence-electron chi connectivity index (χ0n) is 8.92. The lowest BCUT2D eigenvalue weighted by Gasteiger charge is -2.04. The highest BCUT2D eigenvalue weighted by Gasteiger charge is 2.44. The van der Waals surface area contributed by atoms with Crippen LogP contribution < -0.4 is 0 Å². The van der Waals surface area contributed by atoms with Crippen molar-refractivity contribution < 1.29 is 32.0 Å². The molecule has 5 nitrogen and oxygen atoms in total. The van der Waals surface area contributed by atoms with Crippen LogP contribution in [0, 0.1) is 6.92 Å². The van der Waals surface area contributed by atoms with Crippen molar-refractivity contribution in [2.45, 2.75) is 20.0 Å². The second-order valence-electron chi connectivity index (χ2n) is 3.01. The minimum Gasteiger partial charge on any atom is -0.461 e. The molecule has 0 aliphatic rings. The van der Waals surface area contributed by atoms with Crippen LogP contribution in [0.3, 0.4) is 0 Å². The Bertz CT molecular complexity index is 450. The minimum absolute atomic E-state index is 0.0512. The van der Waals surface area contributed by atoms with Gasteiger partial charge in [0.1, 0.15) is 11.3 Å². The predicted molar refractivity (Wildman–Crippen MR) is 47.6 cm³/mol. The summed E-state index contributed by atoms with van der Waals surface area (Å²) in [5, 5.41) is 3.10. The van der Waals surface area contributed by atoms with Crippen LogP contribution in [0.1, 0.15) is 33.5 Å². The third kappa shape index (κ3) is 2.63. The van der Waals surface area contributed by atoms with E-state index in [1.807, 2.05) is 0 Å². The zero-order chi connectivity index (χ0) is 13.2. The normalized spacial score (nSPS) is 11.4. The Morgan fingerprint density at radius 1 is 1.41 bits per heavy atom. The number of alkyl halides is 3. The Hall–Kier alpha value is -1.86. The maximum Gasteiger partial charge on any atom is 0.455 e. The fraction of sp³-hybridized carbons (Fsp3) is 0.444. The molecule has 0 spiro atoms. The molecule has 1 heterocycles. The Labute approximate surface area is 93.5 Å². The third-order valence-corrected chi connectivity index (χ3v) is 1.82. The molecular formula is C9H8F3NO4. The number of carbonyl (C=O) groups excluding carboxylic acids is 2. The van der Waals surface area contributed by atoms with Crippen LogP contribution in [0.5, 0.6) is 0 Å². The summed E-state index contributed by atoms with van der Waals surface area (Å²) in [7, 11) is 0. The molecule has 0 radical (unpaired) electrons. The van der Waals surface area contributed by atoms with E-state index in [4.69, 9.17) is 0 Å². The number of hydrogen-bond acceptors (Lipinski definition) is 5. The quantitative estimate of drug-likeness (QED) is 0.606. The second kappa shape index (κ2) is 4.56. The van der Waals surface area contributed by atoms with Gasteiger partial charge >= 0.3 is 12.1 Å². The van der Waals surface area contributed by atoms with E-state index < -0.39 is 29.2 Å². The largest absolute Gasteiger partial charge is 0.461 e. The van der Waals surface area contributed by atoms with Gasteiger partial charge in [-0.25, -0.2) is 4.79 Å². The van der Waals surface area contributed by atoms with E-state index >= 15 is 0 Å². The standard InChI is InChI=1S/C9H8F3NO4/c1-3-16-8(15)6-5(4(2)17-13-6)7(14)9(10,11)12/h3H2,1-2H3. The molecule has 0 saturated heterocycles. The number of aryl methyl sites for hydroxylation is 1. The molecule has 0 bridgehead atoms. The van der Waals surface area contributed by atoms with E-state index in [1.54, 1.807) is 0 Å². The van der Waals surface area contributed by atoms with Crippen molar-refractivity contribution in [2.24, 2.45) is 0 Å². The maximum atomic E-state index is 12.3. The molecule has 8 heteroatoms. The van der Waals surface area contributed by atoms with E-state index in [0.717, 1.165) is 6.92 Å². The topological polar surface area (TPSA) is 69.4 Å². The first-order chi connectivity index (χ1) is 7.79. The molecule has 0 fully saturated rings. The Kier molecular flexibility index (Phi) is 3.54. The molecule has 0 amide bonds. The van der Waals surface area contributed by atoms with Crippen LogP contribution in [0.25, 0.3) is 0 Å². The highest BCUT2D eigenvalue weighted by molar-refractivity contribution is 6.08. The number of ether oxygens (including phenoxy) is 1. The number of nitrogens with zero attached hydrogens (tertiary/aromatic N) is 1. The van der Waals surface area contributed by atoms with Crippen LogP contribution in [-0.4, -0.2) is 29.7 Å². The van der Waals surface area contributed by atoms with Gasteiger partial charge in [0.2, 0.25) is 5.69 Å².